The summed E-state index contributed by atoms with van der Waals surface area (Å²) in [6, 6.07) is 12.6. The molecule has 1 atom stereocenters. The van der Waals surface area contributed by atoms with Crippen LogP contribution in [-0.4, -0.2) is 22.8 Å². The van der Waals surface area contributed by atoms with Crippen molar-refractivity contribution in [2.75, 3.05) is 13.2 Å². The highest BCUT2D eigenvalue weighted by molar-refractivity contribution is 5.81. The average molecular weight is 351 g/mol. The molecule has 1 aliphatic heterocycles. The van der Waals surface area contributed by atoms with Gasteiger partial charge < -0.3 is 19.8 Å². The Labute approximate surface area is 153 Å². The Morgan fingerprint density at radius 1 is 1.04 bits per heavy atom. The molecule has 0 radical (unpaired) electrons. The number of rotatable bonds is 4. The fourth-order valence-electron chi connectivity index (χ4n) is 3.38. The van der Waals surface area contributed by atoms with E-state index in [9.17, 15) is 0 Å². The van der Waals surface area contributed by atoms with Gasteiger partial charge in [0.2, 0.25) is 0 Å². The summed E-state index contributed by atoms with van der Waals surface area (Å²) < 4.78 is 13.6. The van der Waals surface area contributed by atoms with E-state index >= 15 is 0 Å². The lowest BCUT2D eigenvalue weighted by molar-refractivity contribution is 0.172. The van der Waals surface area contributed by atoms with Crippen molar-refractivity contribution >= 4 is 11.0 Å². The maximum absolute atomic E-state index is 6.20. The van der Waals surface area contributed by atoms with E-state index in [1.165, 1.54) is 11.1 Å². The zero-order valence-electron chi connectivity index (χ0n) is 15.5. The first-order valence-electron chi connectivity index (χ1n) is 9.17. The van der Waals surface area contributed by atoms with Gasteiger partial charge in [0.15, 0.2) is 11.5 Å². The van der Waals surface area contributed by atoms with Crippen molar-refractivity contribution < 1.29 is 9.47 Å². The van der Waals surface area contributed by atoms with E-state index < -0.39 is 0 Å². The van der Waals surface area contributed by atoms with Crippen molar-refractivity contribution in [3.8, 4) is 11.5 Å². The molecule has 1 aliphatic rings. The summed E-state index contributed by atoms with van der Waals surface area (Å²) in [5, 5.41) is 0. The number of hydrogen-bond acceptors (Lipinski definition) is 4. The first-order valence-corrected chi connectivity index (χ1v) is 9.17. The molecular weight excluding hydrogens is 326 g/mol. The maximum Gasteiger partial charge on any atom is 0.163 e. The number of nitrogens with zero attached hydrogens (tertiary/aromatic N) is 2. The van der Waals surface area contributed by atoms with E-state index in [4.69, 9.17) is 20.2 Å². The third-order valence-corrected chi connectivity index (χ3v) is 4.84. The summed E-state index contributed by atoms with van der Waals surface area (Å²) in [4.78, 5) is 4.76. The lowest BCUT2D eigenvalue weighted by Crippen LogP contribution is -2.15. The first-order chi connectivity index (χ1) is 12.5. The normalized spacial score (nSPS) is 14.8. The van der Waals surface area contributed by atoms with Gasteiger partial charge in [-0.1, -0.05) is 38.1 Å². The third kappa shape index (κ3) is 3.03. The molecule has 0 saturated carbocycles. The predicted octanol–water partition coefficient (Wildman–Crippen LogP) is 4.00. The number of imidazole rings is 1. The van der Waals surface area contributed by atoms with Crippen LogP contribution in [-0.2, 0) is 6.54 Å². The first kappa shape index (κ1) is 16.9. The van der Waals surface area contributed by atoms with Crippen LogP contribution in [0.3, 0.4) is 0 Å². The predicted molar refractivity (Wildman–Crippen MR) is 103 cm³/mol. The van der Waals surface area contributed by atoms with Crippen LogP contribution in [0.2, 0.25) is 0 Å². The van der Waals surface area contributed by atoms with Gasteiger partial charge in [-0.15, -0.1) is 0 Å². The molecule has 1 unspecified atom stereocenters. The summed E-state index contributed by atoms with van der Waals surface area (Å²) >= 11 is 0. The van der Waals surface area contributed by atoms with Gasteiger partial charge in [-0.05, 0) is 24.0 Å². The van der Waals surface area contributed by atoms with Crippen LogP contribution >= 0.6 is 0 Å². The second-order valence-electron chi connectivity index (χ2n) is 7.23. The summed E-state index contributed by atoms with van der Waals surface area (Å²) in [7, 11) is 0. The van der Waals surface area contributed by atoms with Crippen LogP contribution in [0.15, 0.2) is 36.4 Å². The molecule has 2 N–H and O–H groups in total. The van der Waals surface area contributed by atoms with E-state index in [1.807, 2.05) is 19.1 Å². The fourth-order valence-corrected chi connectivity index (χ4v) is 3.38. The highest BCUT2D eigenvalue weighted by Gasteiger charge is 2.19. The van der Waals surface area contributed by atoms with Crippen molar-refractivity contribution in [3.05, 3.63) is 53.3 Å². The monoisotopic (exact) mass is 351 g/mol. The molecule has 0 amide bonds. The number of benzene rings is 2. The third-order valence-electron chi connectivity index (χ3n) is 4.84. The number of ether oxygens (including phenoxy) is 2. The van der Waals surface area contributed by atoms with Crippen LogP contribution in [0.25, 0.3) is 11.0 Å². The molecule has 2 aromatic carbocycles. The molecular formula is C21H25N3O2. The van der Waals surface area contributed by atoms with Gasteiger partial charge in [0.25, 0.3) is 0 Å². The molecule has 4 rings (SSSR count). The van der Waals surface area contributed by atoms with Crippen molar-refractivity contribution in [1.82, 2.24) is 9.55 Å². The van der Waals surface area contributed by atoms with E-state index in [2.05, 4.69) is 42.7 Å². The minimum atomic E-state index is -0.156. The lowest BCUT2D eigenvalue weighted by Gasteiger charge is -2.18. The highest BCUT2D eigenvalue weighted by Crippen LogP contribution is 2.35. The molecule has 136 valence electrons. The highest BCUT2D eigenvalue weighted by atomic mass is 16.6. The van der Waals surface area contributed by atoms with Gasteiger partial charge in [-0.2, -0.15) is 0 Å². The van der Waals surface area contributed by atoms with Crippen LogP contribution in [0.5, 0.6) is 11.5 Å². The zero-order valence-corrected chi connectivity index (χ0v) is 15.5. The number of nitrogens with two attached hydrogens (primary N) is 1. The maximum atomic E-state index is 6.20. The Morgan fingerprint density at radius 2 is 1.69 bits per heavy atom. The quantitative estimate of drug-likeness (QED) is 0.772. The molecule has 3 aromatic rings. The molecule has 2 heterocycles. The molecule has 0 aliphatic carbocycles. The minimum Gasteiger partial charge on any atom is -0.486 e. The molecule has 0 bridgehead atoms. The van der Waals surface area contributed by atoms with E-state index in [1.54, 1.807) is 0 Å². The fraction of sp³-hybridized carbons (Fsp3) is 0.381. The molecule has 0 saturated heterocycles. The summed E-state index contributed by atoms with van der Waals surface area (Å²) in [6.07, 6.45) is 0. The Balaban J connectivity index is 1.77. The van der Waals surface area contributed by atoms with Crippen molar-refractivity contribution in [3.63, 3.8) is 0 Å². The Kier molecular flexibility index (Phi) is 4.32. The van der Waals surface area contributed by atoms with Gasteiger partial charge in [0, 0.05) is 18.7 Å². The Hall–Kier alpha value is -2.53. The van der Waals surface area contributed by atoms with E-state index in [0.29, 0.717) is 19.1 Å². The minimum absolute atomic E-state index is 0.156. The summed E-state index contributed by atoms with van der Waals surface area (Å²) in [5.41, 5.74) is 10.7. The largest absolute Gasteiger partial charge is 0.486 e. The van der Waals surface area contributed by atoms with Gasteiger partial charge in [0.1, 0.15) is 19.0 Å². The standard InChI is InChI=1S/C21H25N3O2/c1-13(2)16-6-4-15(5-7-16)12-24-18-11-20-19(25-8-9-26-20)10-17(18)23-21(24)14(3)22/h4-7,10-11,13-14H,8-9,12,22H2,1-3H3. The second kappa shape index (κ2) is 6.65. The Morgan fingerprint density at radius 3 is 2.31 bits per heavy atom. The lowest BCUT2D eigenvalue weighted by atomic mass is 10.0. The van der Waals surface area contributed by atoms with Crippen LogP contribution < -0.4 is 15.2 Å². The zero-order chi connectivity index (χ0) is 18.3. The van der Waals surface area contributed by atoms with Gasteiger partial charge in [-0.3, -0.25) is 0 Å². The summed E-state index contributed by atoms with van der Waals surface area (Å²) in [5.74, 6) is 2.93. The van der Waals surface area contributed by atoms with Crippen LogP contribution in [0.1, 0.15) is 49.7 Å². The Bertz CT molecular complexity index is 927. The summed E-state index contributed by atoms with van der Waals surface area (Å²) in [6.45, 7) is 8.25. The van der Waals surface area contributed by atoms with Crippen LogP contribution in [0, 0.1) is 0 Å². The van der Waals surface area contributed by atoms with Crippen LogP contribution in [0.4, 0.5) is 0 Å². The van der Waals surface area contributed by atoms with Gasteiger partial charge >= 0.3 is 0 Å². The van der Waals surface area contributed by atoms with E-state index in [0.717, 1.165) is 34.9 Å². The molecule has 1 aromatic heterocycles. The second-order valence-corrected chi connectivity index (χ2v) is 7.23. The van der Waals surface area contributed by atoms with Crippen molar-refractivity contribution in [1.29, 1.82) is 0 Å². The SMILES string of the molecule is CC(C)c1ccc(Cn2c(C(C)N)nc3cc4c(cc32)OCCO4)cc1. The average Bonchev–Trinajstić information content (AvgIpc) is 2.98. The van der Waals surface area contributed by atoms with Gasteiger partial charge in [0.05, 0.1) is 17.1 Å². The number of fused-ring (bicyclic) bond motifs is 2. The van der Waals surface area contributed by atoms with E-state index in [-0.39, 0.29) is 6.04 Å². The van der Waals surface area contributed by atoms with Crippen molar-refractivity contribution in [2.45, 2.75) is 39.3 Å². The molecule has 5 nitrogen and oxygen atoms in total. The molecule has 5 heteroatoms. The topological polar surface area (TPSA) is 62.3 Å². The molecule has 26 heavy (non-hydrogen) atoms. The number of hydrogen-bond donors (Lipinski definition) is 1. The molecule has 0 fully saturated rings. The van der Waals surface area contributed by atoms with Gasteiger partial charge in [-0.25, -0.2) is 4.98 Å². The number of aromatic nitrogens is 2. The smallest absolute Gasteiger partial charge is 0.163 e. The molecule has 0 spiro atoms. The van der Waals surface area contributed by atoms with Crippen molar-refractivity contribution in [2.24, 2.45) is 5.73 Å².